The normalized spacial score (nSPS) is 10.7. The van der Waals surface area contributed by atoms with Crippen LogP contribution >= 0.6 is 11.8 Å². The summed E-state index contributed by atoms with van der Waals surface area (Å²) in [6.45, 7) is 0. The summed E-state index contributed by atoms with van der Waals surface area (Å²) < 4.78 is 1.57. The topological polar surface area (TPSA) is 56.7 Å². The van der Waals surface area contributed by atoms with Crippen molar-refractivity contribution in [1.82, 2.24) is 14.9 Å². The minimum atomic E-state index is 0.700. The Morgan fingerprint density at radius 1 is 0.909 bits per heavy atom. The molecule has 112 valence electrons. The van der Waals surface area contributed by atoms with E-state index in [1.165, 1.54) is 5.56 Å². The van der Waals surface area contributed by atoms with E-state index in [2.05, 4.69) is 34.5 Å². The molecule has 0 saturated carbocycles. The van der Waals surface area contributed by atoms with Crippen molar-refractivity contribution in [2.24, 2.45) is 0 Å². The van der Waals surface area contributed by atoms with E-state index >= 15 is 0 Å². The van der Waals surface area contributed by atoms with Gasteiger partial charge in [0.25, 0.3) is 0 Å². The molecule has 5 heteroatoms. The van der Waals surface area contributed by atoms with E-state index in [0.29, 0.717) is 5.82 Å². The number of thioether (sulfide) groups is 1. The van der Waals surface area contributed by atoms with Crippen LogP contribution in [0.15, 0.2) is 65.8 Å². The molecule has 0 aliphatic rings. The predicted molar refractivity (Wildman–Crippen MR) is 91.1 cm³/mol. The zero-order valence-corrected chi connectivity index (χ0v) is 13.0. The summed E-state index contributed by atoms with van der Waals surface area (Å²) in [5.41, 5.74) is 2.34. The molecule has 0 aliphatic carbocycles. The van der Waals surface area contributed by atoms with E-state index in [0.717, 1.165) is 29.3 Å². The number of nitrogen functional groups attached to an aromatic ring is 1. The molecule has 0 atom stereocenters. The van der Waals surface area contributed by atoms with E-state index < -0.39 is 0 Å². The van der Waals surface area contributed by atoms with Crippen LogP contribution in [0.2, 0.25) is 0 Å². The maximum Gasteiger partial charge on any atom is 0.210 e. The molecule has 3 aromatic rings. The summed E-state index contributed by atoms with van der Waals surface area (Å²) in [7, 11) is 0. The van der Waals surface area contributed by atoms with Crippen LogP contribution in [0.1, 0.15) is 12.0 Å². The van der Waals surface area contributed by atoms with Gasteiger partial charge in [0.05, 0.1) is 0 Å². The number of aromatic nitrogens is 3. The lowest BCUT2D eigenvalue weighted by Gasteiger charge is -2.04. The number of hydrogen-bond donors (Lipinski definition) is 1. The Balaban J connectivity index is 1.57. The van der Waals surface area contributed by atoms with Gasteiger partial charge in [0.15, 0.2) is 5.82 Å². The summed E-state index contributed by atoms with van der Waals surface area (Å²) in [6, 6.07) is 20.4. The highest BCUT2D eigenvalue weighted by Gasteiger charge is 2.11. The second kappa shape index (κ2) is 7.13. The second-order valence-corrected chi connectivity index (χ2v) is 6.04. The van der Waals surface area contributed by atoms with Gasteiger partial charge in [-0.3, -0.25) is 0 Å². The summed E-state index contributed by atoms with van der Waals surface area (Å²) in [6.07, 6.45) is 2.15. The molecule has 3 rings (SSSR count). The first-order chi connectivity index (χ1) is 10.8. The number of benzene rings is 2. The van der Waals surface area contributed by atoms with Gasteiger partial charge in [-0.2, -0.15) is 0 Å². The standard InChI is InChI=1S/C17H18N4S/c18-21-16(15-11-5-2-6-12-15)19-20-17(21)22-13-7-10-14-8-3-1-4-9-14/h1-6,8-9,11-12H,7,10,13,18H2. The van der Waals surface area contributed by atoms with Gasteiger partial charge in [0.1, 0.15) is 0 Å². The molecule has 2 aromatic carbocycles. The van der Waals surface area contributed by atoms with Crippen molar-refractivity contribution < 1.29 is 0 Å². The maximum atomic E-state index is 6.10. The van der Waals surface area contributed by atoms with E-state index in [4.69, 9.17) is 5.84 Å². The average molecular weight is 310 g/mol. The van der Waals surface area contributed by atoms with E-state index in [-0.39, 0.29) is 0 Å². The molecule has 0 spiro atoms. The van der Waals surface area contributed by atoms with Gasteiger partial charge in [-0.1, -0.05) is 72.4 Å². The van der Waals surface area contributed by atoms with E-state index in [9.17, 15) is 0 Å². The Bertz CT molecular complexity index is 710. The monoisotopic (exact) mass is 310 g/mol. The van der Waals surface area contributed by atoms with Gasteiger partial charge >= 0.3 is 0 Å². The summed E-state index contributed by atoms with van der Waals surface area (Å²) in [5, 5.41) is 9.13. The van der Waals surface area contributed by atoms with Crippen molar-refractivity contribution in [1.29, 1.82) is 0 Å². The Morgan fingerprint density at radius 2 is 1.59 bits per heavy atom. The van der Waals surface area contributed by atoms with Crippen molar-refractivity contribution in [2.45, 2.75) is 18.0 Å². The molecule has 1 heterocycles. The molecule has 4 nitrogen and oxygen atoms in total. The first kappa shape index (κ1) is 14.7. The van der Waals surface area contributed by atoms with Crippen molar-refractivity contribution in [2.75, 3.05) is 11.6 Å². The fourth-order valence-electron chi connectivity index (χ4n) is 2.24. The molecular formula is C17H18N4S. The summed E-state index contributed by atoms with van der Waals surface area (Å²) >= 11 is 1.65. The van der Waals surface area contributed by atoms with Crippen LogP contribution in [0.25, 0.3) is 11.4 Å². The van der Waals surface area contributed by atoms with Gasteiger partial charge in [-0.05, 0) is 18.4 Å². The minimum absolute atomic E-state index is 0.700. The Hall–Kier alpha value is -2.27. The van der Waals surface area contributed by atoms with Crippen LogP contribution in [0.5, 0.6) is 0 Å². The minimum Gasteiger partial charge on any atom is -0.335 e. The fraction of sp³-hybridized carbons (Fsp3) is 0.176. The zero-order chi connectivity index (χ0) is 15.2. The van der Waals surface area contributed by atoms with Gasteiger partial charge < -0.3 is 5.84 Å². The van der Waals surface area contributed by atoms with Crippen LogP contribution in [0, 0.1) is 0 Å². The smallest absolute Gasteiger partial charge is 0.210 e. The largest absolute Gasteiger partial charge is 0.335 e. The lowest BCUT2D eigenvalue weighted by Crippen LogP contribution is -2.11. The van der Waals surface area contributed by atoms with E-state index in [1.54, 1.807) is 16.4 Å². The first-order valence-corrected chi connectivity index (χ1v) is 8.26. The third kappa shape index (κ3) is 3.49. The molecule has 0 aliphatic heterocycles. The molecule has 1 aromatic heterocycles. The number of nitrogens with two attached hydrogens (primary N) is 1. The summed E-state index contributed by atoms with van der Waals surface area (Å²) in [5.74, 6) is 7.77. The van der Waals surface area contributed by atoms with Crippen LogP contribution in [-0.2, 0) is 6.42 Å². The van der Waals surface area contributed by atoms with Gasteiger partial charge in [-0.25, -0.2) is 4.68 Å². The van der Waals surface area contributed by atoms with Crippen LogP contribution in [0.3, 0.4) is 0 Å². The van der Waals surface area contributed by atoms with Crippen molar-refractivity contribution in [3.8, 4) is 11.4 Å². The molecule has 2 N–H and O–H groups in total. The maximum absolute atomic E-state index is 6.10. The third-order valence-electron chi connectivity index (χ3n) is 3.38. The lowest BCUT2D eigenvalue weighted by atomic mass is 10.1. The van der Waals surface area contributed by atoms with E-state index in [1.807, 2.05) is 36.4 Å². The predicted octanol–water partition coefficient (Wildman–Crippen LogP) is 3.38. The van der Waals surface area contributed by atoms with Crippen LogP contribution in [0.4, 0.5) is 0 Å². The number of aryl methyl sites for hydroxylation is 1. The molecule has 0 saturated heterocycles. The van der Waals surface area contributed by atoms with Crippen molar-refractivity contribution >= 4 is 11.8 Å². The molecule has 0 radical (unpaired) electrons. The van der Waals surface area contributed by atoms with Crippen molar-refractivity contribution in [3.05, 3.63) is 66.2 Å². The summed E-state index contributed by atoms with van der Waals surface area (Å²) in [4.78, 5) is 0. The second-order valence-electron chi connectivity index (χ2n) is 4.98. The Kier molecular flexibility index (Phi) is 4.75. The van der Waals surface area contributed by atoms with Crippen LogP contribution in [-0.4, -0.2) is 20.6 Å². The first-order valence-electron chi connectivity index (χ1n) is 7.27. The molecule has 22 heavy (non-hydrogen) atoms. The highest BCUT2D eigenvalue weighted by Crippen LogP contribution is 2.22. The zero-order valence-electron chi connectivity index (χ0n) is 12.2. The molecule has 0 bridgehead atoms. The Labute approximate surface area is 134 Å². The Morgan fingerprint density at radius 3 is 2.32 bits per heavy atom. The highest BCUT2D eigenvalue weighted by atomic mass is 32.2. The molecule has 0 fully saturated rings. The molecule has 0 unspecified atom stereocenters. The number of rotatable bonds is 6. The fourth-order valence-corrected chi connectivity index (χ4v) is 3.04. The van der Waals surface area contributed by atoms with Gasteiger partial charge in [0, 0.05) is 11.3 Å². The number of hydrogen-bond acceptors (Lipinski definition) is 4. The number of nitrogens with zero attached hydrogens (tertiary/aromatic N) is 3. The molecule has 0 amide bonds. The quantitative estimate of drug-likeness (QED) is 0.431. The molecular weight excluding hydrogens is 292 g/mol. The van der Waals surface area contributed by atoms with Gasteiger partial charge in [-0.15, -0.1) is 10.2 Å². The average Bonchev–Trinajstić information content (AvgIpc) is 2.94. The SMILES string of the molecule is Nn1c(SCCCc2ccccc2)nnc1-c1ccccc1. The van der Waals surface area contributed by atoms with Crippen molar-refractivity contribution in [3.63, 3.8) is 0 Å². The third-order valence-corrected chi connectivity index (χ3v) is 4.41. The van der Waals surface area contributed by atoms with Crippen LogP contribution < -0.4 is 5.84 Å². The highest BCUT2D eigenvalue weighted by molar-refractivity contribution is 7.99. The lowest BCUT2D eigenvalue weighted by molar-refractivity contribution is 0.844. The van der Waals surface area contributed by atoms with Gasteiger partial charge in [0.2, 0.25) is 5.16 Å².